The van der Waals surface area contributed by atoms with Gasteiger partial charge >= 0.3 is 6.09 Å². The van der Waals surface area contributed by atoms with Crippen LogP contribution in [0.2, 0.25) is 0 Å². The minimum absolute atomic E-state index is 0.00581. The predicted octanol–water partition coefficient (Wildman–Crippen LogP) is 1.09. The summed E-state index contributed by atoms with van der Waals surface area (Å²) >= 11 is 0. The lowest BCUT2D eigenvalue weighted by Gasteiger charge is -2.24. The molecule has 3 aromatic rings. The third kappa shape index (κ3) is 8.12. The van der Waals surface area contributed by atoms with Crippen LogP contribution in [0, 0.1) is 5.92 Å². The predicted molar refractivity (Wildman–Crippen MR) is 136 cm³/mol. The Balaban J connectivity index is 1.61. The Kier molecular flexibility index (Phi) is 9.74. The van der Waals surface area contributed by atoms with E-state index >= 15 is 0 Å². The molecule has 0 aliphatic carbocycles. The fourth-order valence-corrected chi connectivity index (χ4v) is 3.59. The fourth-order valence-electron chi connectivity index (χ4n) is 3.59. The van der Waals surface area contributed by atoms with Crippen LogP contribution in [0.4, 0.5) is 4.79 Å². The lowest BCUT2D eigenvalue weighted by Crippen LogP contribution is -2.56. The van der Waals surface area contributed by atoms with Gasteiger partial charge in [0.2, 0.25) is 17.6 Å². The van der Waals surface area contributed by atoms with Crippen molar-refractivity contribution in [3.8, 4) is 0 Å². The van der Waals surface area contributed by atoms with Crippen LogP contribution in [-0.4, -0.2) is 52.8 Å². The number of para-hydroxylation sites is 2. The van der Waals surface area contributed by atoms with Gasteiger partial charge in [0.1, 0.15) is 30.2 Å². The van der Waals surface area contributed by atoms with Gasteiger partial charge in [-0.25, -0.2) is 9.78 Å². The molecule has 0 spiro atoms. The average Bonchev–Trinajstić information content (AvgIpc) is 3.34. The molecule has 206 valence electrons. The first-order valence-electron chi connectivity index (χ1n) is 12.2. The summed E-state index contributed by atoms with van der Waals surface area (Å²) in [6.45, 7) is 4.74. The molecule has 3 amide bonds. The molecule has 0 radical (unpaired) electrons. The summed E-state index contributed by atoms with van der Waals surface area (Å²) in [5, 5.41) is 18.5. The summed E-state index contributed by atoms with van der Waals surface area (Å²) in [4.78, 5) is 66.2. The summed E-state index contributed by atoms with van der Waals surface area (Å²) < 4.78 is 10.6. The zero-order chi connectivity index (χ0) is 28.5. The van der Waals surface area contributed by atoms with Crippen LogP contribution in [0.15, 0.2) is 59.0 Å². The van der Waals surface area contributed by atoms with Crippen molar-refractivity contribution in [3.63, 3.8) is 0 Å². The molecule has 0 aliphatic rings. The number of oxazole rings is 1. The first kappa shape index (κ1) is 28.8. The van der Waals surface area contributed by atoms with E-state index in [9.17, 15) is 29.1 Å². The van der Waals surface area contributed by atoms with Gasteiger partial charge in [0, 0.05) is 12.4 Å². The maximum atomic E-state index is 12.9. The van der Waals surface area contributed by atoms with E-state index in [1.807, 2.05) is 6.07 Å². The number of aromatic nitrogens is 1. The van der Waals surface area contributed by atoms with Crippen molar-refractivity contribution in [2.75, 3.05) is 0 Å². The minimum atomic E-state index is -1.58. The highest BCUT2D eigenvalue weighted by Gasteiger charge is 2.31. The standard InChI is InChI=1S/C27H30N4O8/c1-15(2)22(31-27(37)38-14-17-9-5-4-6-10-17)25(36)28-16(3)24(35)29-19(13-21(32)33)23(34)26-30-18-11-7-8-12-20(18)39-26/h4-12,15-16,19,22H,13-14H2,1-3H3,(H,28,36)(H,29,35)(H,31,37)(H,32,33)/p-1/t16-,19?,22-/m0/s1. The number of ether oxygens (including phenoxy) is 1. The van der Waals surface area contributed by atoms with Crippen LogP contribution in [-0.2, 0) is 25.7 Å². The van der Waals surface area contributed by atoms with E-state index in [4.69, 9.17) is 9.15 Å². The minimum Gasteiger partial charge on any atom is -0.550 e. The fraction of sp³-hybridized carbons (Fsp3) is 0.333. The molecule has 0 fully saturated rings. The Labute approximate surface area is 224 Å². The lowest BCUT2D eigenvalue weighted by molar-refractivity contribution is -0.305. The summed E-state index contributed by atoms with van der Waals surface area (Å²) in [6.07, 6.45) is -1.66. The topological polar surface area (TPSA) is 180 Å². The van der Waals surface area contributed by atoms with Crippen molar-refractivity contribution in [2.45, 2.75) is 51.9 Å². The zero-order valence-corrected chi connectivity index (χ0v) is 21.6. The van der Waals surface area contributed by atoms with Gasteiger partial charge < -0.3 is 35.0 Å². The van der Waals surface area contributed by atoms with Crippen LogP contribution in [0.25, 0.3) is 11.1 Å². The van der Waals surface area contributed by atoms with Crippen molar-refractivity contribution in [3.05, 3.63) is 66.1 Å². The van der Waals surface area contributed by atoms with Crippen LogP contribution in [0.1, 0.15) is 43.4 Å². The molecule has 0 aliphatic heterocycles. The maximum Gasteiger partial charge on any atom is 0.408 e. The quantitative estimate of drug-likeness (QED) is 0.285. The van der Waals surface area contributed by atoms with Gasteiger partial charge in [0.15, 0.2) is 5.58 Å². The number of ketones is 1. The lowest BCUT2D eigenvalue weighted by atomic mass is 10.0. The third-order valence-corrected chi connectivity index (χ3v) is 5.70. The molecule has 12 nitrogen and oxygen atoms in total. The monoisotopic (exact) mass is 537 g/mol. The highest BCUT2D eigenvalue weighted by Crippen LogP contribution is 2.16. The highest BCUT2D eigenvalue weighted by atomic mass is 16.5. The van der Waals surface area contributed by atoms with Gasteiger partial charge in [0.05, 0.1) is 0 Å². The number of amides is 3. The molecule has 0 bridgehead atoms. The summed E-state index contributed by atoms with van der Waals surface area (Å²) in [5.74, 6) is -4.71. The number of carboxylic acid groups (broad SMARTS) is 1. The number of aliphatic carboxylic acids is 1. The first-order valence-corrected chi connectivity index (χ1v) is 12.2. The van der Waals surface area contributed by atoms with E-state index in [2.05, 4.69) is 20.9 Å². The van der Waals surface area contributed by atoms with Crippen LogP contribution < -0.4 is 21.1 Å². The second-order valence-electron chi connectivity index (χ2n) is 9.15. The number of carbonyl (C=O) groups excluding carboxylic acids is 5. The summed E-state index contributed by atoms with van der Waals surface area (Å²) in [6, 6.07) is 11.7. The first-order chi connectivity index (χ1) is 18.5. The molecule has 0 saturated carbocycles. The molecule has 1 heterocycles. The van der Waals surface area contributed by atoms with Crippen LogP contribution in [0.3, 0.4) is 0 Å². The van der Waals surface area contributed by atoms with Gasteiger partial charge in [-0.15, -0.1) is 0 Å². The molecular formula is C27H29N4O8-. The Hall–Kier alpha value is -4.74. The molecule has 2 aromatic carbocycles. The van der Waals surface area contributed by atoms with E-state index in [0.717, 1.165) is 5.56 Å². The maximum absolute atomic E-state index is 12.9. The molecular weight excluding hydrogens is 508 g/mol. The molecule has 12 heteroatoms. The van der Waals surface area contributed by atoms with Gasteiger partial charge in [-0.05, 0) is 30.5 Å². The molecule has 39 heavy (non-hydrogen) atoms. The van der Waals surface area contributed by atoms with E-state index in [1.165, 1.54) is 6.92 Å². The number of nitrogens with one attached hydrogen (secondary N) is 3. The van der Waals surface area contributed by atoms with Crippen molar-refractivity contribution >= 4 is 40.8 Å². The SMILES string of the molecule is CC(C)[C@H](NC(=O)OCc1ccccc1)C(=O)N[C@@H](C)C(=O)NC(CC(=O)[O-])C(=O)c1nc2ccccc2o1. The largest absolute Gasteiger partial charge is 0.550 e. The summed E-state index contributed by atoms with van der Waals surface area (Å²) in [7, 11) is 0. The molecule has 1 unspecified atom stereocenters. The van der Waals surface area contributed by atoms with Crippen LogP contribution >= 0.6 is 0 Å². The average molecular weight is 538 g/mol. The number of alkyl carbamates (subject to hydrolysis) is 1. The smallest absolute Gasteiger partial charge is 0.408 e. The number of Topliss-reactive ketones (excluding diaryl/α,β-unsaturated/α-hetero) is 1. The third-order valence-electron chi connectivity index (χ3n) is 5.70. The van der Waals surface area contributed by atoms with E-state index in [-0.39, 0.29) is 18.4 Å². The van der Waals surface area contributed by atoms with Gasteiger partial charge in [-0.2, -0.15) is 0 Å². The van der Waals surface area contributed by atoms with E-state index < -0.39 is 54.2 Å². The van der Waals surface area contributed by atoms with Crippen molar-refractivity contribution in [2.24, 2.45) is 5.92 Å². The Morgan fingerprint density at radius 3 is 2.21 bits per heavy atom. The Morgan fingerprint density at radius 2 is 1.56 bits per heavy atom. The number of hydrogen-bond acceptors (Lipinski definition) is 9. The summed E-state index contributed by atoms with van der Waals surface area (Å²) in [5.41, 5.74) is 1.46. The van der Waals surface area contributed by atoms with E-state index in [0.29, 0.717) is 11.1 Å². The van der Waals surface area contributed by atoms with Crippen molar-refractivity contribution in [1.82, 2.24) is 20.9 Å². The number of fused-ring (bicyclic) bond motifs is 1. The number of carbonyl (C=O) groups is 5. The molecule has 0 saturated heterocycles. The zero-order valence-electron chi connectivity index (χ0n) is 21.6. The number of carboxylic acids is 1. The van der Waals surface area contributed by atoms with Crippen LogP contribution in [0.5, 0.6) is 0 Å². The molecule has 3 rings (SSSR count). The second-order valence-corrected chi connectivity index (χ2v) is 9.15. The number of rotatable bonds is 12. The number of hydrogen-bond donors (Lipinski definition) is 3. The number of nitrogens with zero attached hydrogens (tertiary/aromatic N) is 1. The van der Waals surface area contributed by atoms with Gasteiger partial charge in [-0.3, -0.25) is 14.4 Å². The molecule has 1 aromatic heterocycles. The Bertz CT molecular complexity index is 1300. The normalized spacial score (nSPS) is 13.2. The van der Waals surface area contributed by atoms with Crippen molar-refractivity contribution in [1.29, 1.82) is 0 Å². The number of benzene rings is 2. The Morgan fingerprint density at radius 1 is 0.897 bits per heavy atom. The second kappa shape index (κ2) is 13.2. The molecule has 3 atom stereocenters. The van der Waals surface area contributed by atoms with E-state index in [1.54, 1.807) is 62.4 Å². The highest BCUT2D eigenvalue weighted by molar-refractivity contribution is 6.02. The van der Waals surface area contributed by atoms with Crippen molar-refractivity contribution < 1.29 is 38.2 Å². The van der Waals surface area contributed by atoms with Gasteiger partial charge in [0.25, 0.3) is 5.89 Å². The van der Waals surface area contributed by atoms with Gasteiger partial charge in [-0.1, -0.05) is 56.3 Å². The molecule has 3 N–H and O–H groups in total.